The summed E-state index contributed by atoms with van der Waals surface area (Å²) in [5.41, 5.74) is 5.82. The molecule has 0 bridgehead atoms. The van der Waals surface area contributed by atoms with E-state index >= 15 is 0 Å². The summed E-state index contributed by atoms with van der Waals surface area (Å²) < 4.78 is 0. The van der Waals surface area contributed by atoms with Crippen LogP contribution in [0, 0.1) is 0 Å². The van der Waals surface area contributed by atoms with Crippen molar-refractivity contribution >= 4 is 23.6 Å². The van der Waals surface area contributed by atoms with Gasteiger partial charge in [0.25, 0.3) is 17.7 Å². The van der Waals surface area contributed by atoms with E-state index in [4.69, 9.17) is 0 Å². The third-order valence-electron chi connectivity index (χ3n) is 3.73. The number of hydrogen-bond donors (Lipinski definition) is 2. The van der Waals surface area contributed by atoms with Gasteiger partial charge in [0.2, 0.25) is 5.91 Å². The van der Waals surface area contributed by atoms with Crippen LogP contribution in [0.3, 0.4) is 0 Å². The van der Waals surface area contributed by atoms with Gasteiger partial charge in [0.15, 0.2) is 0 Å². The highest BCUT2D eigenvalue weighted by Crippen LogP contribution is 2.21. The van der Waals surface area contributed by atoms with E-state index in [1.54, 1.807) is 24.3 Å². The molecule has 0 atom stereocenters. The van der Waals surface area contributed by atoms with Gasteiger partial charge in [-0.05, 0) is 17.7 Å². The molecule has 2 aromatic carbocycles. The summed E-state index contributed by atoms with van der Waals surface area (Å²) in [4.78, 5) is 48.9. The topological polar surface area (TPSA) is 95.6 Å². The molecule has 2 aromatic rings. The molecule has 2 N–H and O–H groups in total. The highest BCUT2D eigenvalue weighted by molar-refractivity contribution is 6.22. The summed E-state index contributed by atoms with van der Waals surface area (Å²) in [5.74, 6) is -2.10. The molecule has 0 radical (unpaired) electrons. The number of amides is 4. The SMILES string of the molecule is O=C(Cc1ccccc1)NNC(=O)CN1C(=O)c2ccccc2C1=O. The van der Waals surface area contributed by atoms with Crippen LogP contribution in [-0.4, -0.2) is 35.1 Å². The maximum absolute atomic E-state index is 12.2. The second-order valence-corrected chi connectivity index (χ2v) is 5.50. The molecule has 0 saturated carbocycles. The van der Waals surface area contributed by atoms with Crippen molar-refractivity contribution in [2.24, 2.45) is 0 Å². The van der Waals surface area contributed by atoms with Crippen LogP contribution in [-0.2, 0) is 16.0 Å². The Morgan fingerprint density at radius 1 is 0.760 bits per heavy atom. The van der Waals surface area contributed by atoms with Gasteiger partial charge >= 0.3 is 0 Å². The number of carbonyl (C=O) groups is 4. The highest BCUT2D eigenvalue weighted by atomic mass is 16.2. The predicted octanol–water partition coefficient (Wildman–Crippen LogP) is 0.673. The zero-order valence-corrected chi connectivity index (χ0v) is 13.2. The van der Waals surface area contributed by atoms with E-state index in [2.05, 4.69) is 10.9 Å². The summed E-state index contributed by atoms with van der Waals surface area (Å²) in [6, 6.07) is 15.4. The van der Waals surface area contributed by atoms with Gasteiger partial charge in [-0.3, -0.25) is 34.9 Å². The Balaban J connectivity index is 1.53. The summed E-state index contributed by atoms with van der Waals surface area (Å²) >= 11 is 0. The largest absolute Gasteiger partial charge is 0.273 e. The highest BCUT2D eigenvalue weighted by Gasteiger charge is 2.36. The molecule has 0 fully saturated rings. The Hall–Kier alpha value is -3.48. The lowest BCUT2D eigenvalue weighted by atomic mass is 10.1. The normalized spacial score (nSPS) is 12.7. The van der Waals surface area contributed by atoms with Gasteiger partial charge in [-0.15, -0.1) is 0 Å². The van der Waals surface area contributed by atoms with Crippen molar-refractivity contribution in [1.29, 1.82) is 0 Å². The first kappa shape index (κ1) is 16.4. The Labute approximate surface area is 143 Å². The first-order valence-corrected chi connectivity index (χ1v) is 7.63. The lowest BCUT2D eigenvalue weighted by Gasteiger charge is -2.14. The molecule has 7 nitrogen and oxygen atoms in total. The van der Waals surface area contributed by atoms with Gasteiger partial charge in [-0.2, -0.15) is 0 Å². The fourth-order valence-corrected chi connectivity index (χ4v) is 2.53. The van der Waals surface area contributed by atoms with Crippen LogP contribution in [0.2, 0.25) is 0 Å². The lowest BCUT2D eigenvalue weighted by Crippen LogP contribution is -2.48. The molecule has 126 valence electrons. The maximum atomic E-state index is 12.2. The number of hydrogen-bond acceptors (Lipinski definition) is 4. The lowest BCUT2D eigenvalue weighted by molar-refractivity contribution is -0.128. The van der Waals surface area contributed by atoms with Crippen molar-refractivity contribution < 1.29 is 19.2 Å². The van der Waals surface area contributed by atoms with Crippen molar-refractivity contribution in [3.63, 3.8) is 0 Å². The van der Waals surface area contributed by atoms with Crippen molar-refractivity contribution in [2.75, 3.05) is 6.54 Å². The summed E-state index contributed by atoms with van der Waals surface area (Å²) in [6.07, 6.45) is 0.105. The average molecular weight is 337 g/mol. The molecule has 25 heavy (non-hydrogen) atoms. The minimum absolute atomic E-state index is 0.105. The number of imide groups is 1. The molecule has 4 amide bonds. The van der Waals surface area contributed by atoms with Crippen LogP contribution in [0.1, 0.15) is 26.3 Å². The predicted molar refractivity (Wildman–Crippen MR) is 88.2 cm³/mol. The summed E-state index contributed by atoms with van der Waals surface area (Å²) in [6.45, 7) is -0.460. The molecular formula is C18H15N3O4. The minimum Gasteiger partial charge on any atom is -0.273 e. The molecule has 1 aliphatic heterocycles. The van der Waals surface area contributed by atoms with Gasteiger partial charge in [0, 0.05) is 0 Å². The first-order chi connectivity index (χ1) is 12.1. The summed E-state index contributed by atoms with van der Waals surface area (Å²) in [5, 5.41) is 0. The van der Waals surface area contributed by atoms with E-state index in [0.717, 1.165) is 10.5 Å². The monoisotopic (exact) mass is 337 g/mol. The second kappa shape index (κ2) is 6.96. The zero-order chi connectivity index (χ0) is 17.8. The standard InChI is InChI=1S/C18H15N3O4/c22-15(10-12-6-2-1-3-7-12)19-20-16(23)11-21-17(24)13-8-4-5-9-14(13)18(21)25/h1-9H,10-11H2,(H,19,22)(H,20,23). The zero-order valence-electron chi connectivity index (χ0n) is 13.2. The van der Waals surface area contributed by atoms with Crippen LogP contribution in [0.4, 0.5) is 0 Å². The smallest absolute Gasteiger partial charge is 0.262 e. The summed E-state index contributed by atoms with van der Waals surface area (Å²) in [7, 11) is 0. The molecule has 3 rings (SSSR count). The van der Waals surface area contributed by atoms with E-state index in [1.165, 1.54) is 12.1 Å². The fourth-order valence-electron chi connectivity index (χ4n) is 2.53. The van der Waals surface area contributed by atoms with Crippen molar-refractivity contribution in [3.8, 4) is 0 Å². The Morgan fingerprint density at radius 3 is 1.88 bits per heavy atom. The number of rotatable bonds is 4. The second-order valence-electron chi connectivity index (χ2n) is 5.50. The van der Waals surface area contributed by atoms with E-state index < -0.39 is 30.2 Å². The van der Waals surface area contributed by atoms with E-state index in [1.807, 2.05) is 18.2 Å². The van der Waals surface area contributed by atoms with Crippen LogP contribution < -0.4 is 10.9 Å². The molecule has 0 spiro atoms. The molecule has 0 unspecified atom stereocenters. The number of nitrogens with zero attached hydrogens (tertiary/aromatic N) is 1. The Morgan fingerprint density at radius 2 is 1.28 bits per heavy atom. The molecule has 0 aromatic heterocycles. The van der Waals surface area contributed by atoms with Gasteiger partial charge in [0.1, 0.15) is 6.54 Å². The first-order valence-electron chi connectivity index (χ1n) is 7.63. The number of carbonyl (C=O) groups excluding carboxylic acids is 4. The molecular weight excluding hydrogens is 322 g/mol. The molecule has 1 aliphatic rings. The third kappa shape index (κ3) is 3.55. The van der Waals surface area contributed by atoms with E-state index in [0.29, 0.717) is 0 Å². The number of benzene rings is 2. The molecule has 0 saturated heterocycles. The van der Waals surface area contributed by atoms with Gasteiger partial charge < -0.3 is 0 Å². The number of nitrogens with one attached hydrogen (secondary N) is 2. The van der Waals surface area contributed by atoms with Gasteiger partial charge in [0.05, 0.1) is 17.5 Å². The van der Waals surface area contributed by atoms with Crippen molar-refractivity contribution in [2.45, 2.75) is 6.42 Å². The van der Waals surface area contributed by atoms with Gasteiger partial charge in [-0.25, -0.2) is 0 Å². The van der Waals surface area contributed by atoms with Crippen LogP contribution >= 0.6 is 0 Å². The van der Waals surface area contributed by atoms with Gasteiger partial charge in [-0.1, -0.05) is 42.5 Å². The fraction of sp³-hybridized carbons (Fsp3) is 0.111. The van der Waals surface area contributed by atoms with E-state index in [-0.39, 0.29) is 17.5 Å². The Bertz CT molecular complexity index is 813. The third-order valence-corrected chi connectivity index (χ3v) is 3.73. The van der Waals surface area contributed by atoms with Crippen LogP contribution in [0.15, 0.2) is 54.6 Å². The van der Waals surface area contributed by atoms with Crippen LogP contribution in [0.5, 0.6) is 0 Å². The Kier molecular flexibility index (Phi) is 4.56. The van der Waals surface area contributed by atoms with Crippen LogP contribution in [0.25, 0.3) is 0 Å². The maximum Gasteiger partial charge on any atom is 0.262 e. The average Bonchev–Trinajstić information content (AvgIpc) is 2.86. The quantitative estimate of drug-likeness (QED) is 0.633. The van der Waals surface area contributed by atoms with E-state index in [9.17, 15) is 19.2 Å². The number of fused-ring (bicyclic) bond motifs is 1. The minimum atomic E-state index is -0.657. The molecule has 1 heterocycles. The molecule has 7 heteroatoms. The molecule has 0 aliphatic carbocycles. The van der Waals surface area contributed by atoms with Crippen molar-refractivity contribution in [3.05, 3.63) is 71.3 Å². The number of hydrazine groups is 1. The van der Waals surface area contributed by atoms with Crippen molar-refractivity contribution in [1.82, 2.24) is 15.8 Å².